The van der Waals surface area contributed by atoms with Crippen molar-refractivity contribution in [1.82, 2.24) is 4.98 Å². The zero-order chi connectivity index (χ0) is 16.3. The fourth-order valence-electron chi connectivity index (χ4n) is 2.51. The van der Waals surface area contributed by atoms with E-state index in [1.807, 2.05) is 29.1 Å². The summed E-state index contributed by atoms with van der Waals surface area (Å²) >= 11 is 0. The Hall–Kier alpha value is -2.43. The molecule has 2 aromatic rings. The highest BCUT2D eigenvalue weighted by molar-refractivity contribution is 6.00. The number of aromatic amines is 1. The number of methoxy groups -OCH3 is 1. The maximum atomic E-state index is 12.5. The van der Waals surface area contributed by atoms with Crippen LogP contribution in [-0.2, 0) is 17.7 Å². The molecule has 0 spiro atoms. The molecule has 2 heterocycles. The number of ether oxygens (including phenoxy) is 1. The first-order valence-corrected chi connectivity index (χ1v) is 7.26. The minimum absolute atomic E-state index is 0.0648. The number of hydrogen-bond donors (Lipinski definition) is 1. The number of carbonyl (C=O) groups excluding carboxylic acids is 2. The van der Waals surface area contributed by atoms with Gasteiger partial charge in [-0.25, -0.2) is 4.79 Å². The van der Waals surface area contributed by atoms with Crippen LogP contribution in [0.25, 0.3) is 0 Å². The van der Waals surface area contributed by atoms with Gasteiger partial charge in [0.25, 0.3) is 0 Å². The maximum Gasteiger partial charge on any atom is 0.339 e. The van der Waals surface area contributed by atoms with Crippen molar-refractivity contribution in [3.63, 3.8) is 0 Å². The van der Waals surface area contributed by atoms with Crippen molar-refractivity contribution in [2.45, 2.75) is 33.7 Å². The Morgan fingerprint density at radius 2 is 1.86 bits per heavy atom. The molecule has 0 aliphatic carbocycles. The van der Waals surface area contributed by atoms with Gasteiger partial charge in [0.1, 0.15) is 0 Å². The summed E-state index contributed by atoms with van der Waals surface area (Å²) in [5, 5.41) is 0. The predicted molar refractivity (Wildman–Crippen MR) is 82.0 cm³/mol. The second kappa shape index (κ2) is 6.56. The summed E-state index contributed by atoms with van der Waals surface area (Å²) in [5.41, 5.74) is 3.42. The molecule has 0 aliphatic rings. The summed E-state index contributed by atoms with van der Waals surface area (Å²) < 4.78 is 6.59. The molecule has 0 aliphatic heterocycles. The lowest BCUT2D eigenvalue weighted by Crippen LogP contribution is -2.37. The minimum atomic E-state index is -0.426. The standard InChI is InChI=1S/C17H20N2O3/c1-5-13-6-8-19(9-7-13)10-14(20)16-11(2)15(12(3)18-16)17(21)22-4/h6-9H,5,10H2,1-4H3/p+1. The van der Waals surface area contributed by atoms with Gasteiger partial charge in [-0.1, -0.05) is 6.92 Å². The third-order valence-corrected chi connectivity index (χ3v) is 3.80. The van der Waals surface area contributed by atoms with Crippen LogP contribution in [0.15, 0.2) is 24.5 Å². The molecule has 0 aromatic carbocycles. The molecule has 2 rings (SSSR count). The maximum absolute atomic E-state index is 12.5. The second-order valence-electron chi connectivity index (χ2n) is 5.27. The van der Waals surface area contributed by atoms with Crippen molar-refractivity contribution in [3.05, 3.63) is 52.6 Å². The fraction of sp³-hybridized carbons (Fsp3) is 0.353. The van der Waals surface area contributed by atoms with Crippen molar-refractivity contribution >= 4 is 11.8 Å². The summed E-state index contributed by atoms with van der Waals surface area (Å²) in [6.45, 7) is 5.84. The van der Waals surface area contributed by atoms with Crippen LogP contribution in [0, 0.1) is 13.8 Å². The number of aromatic nitrogens is 2. The Morgan fingerprint density at radius 1 is 1.23 bits per heavy atom. The first-order valence-electron chi connectivity index (χ1n) is 7.26. The molecule has 0 saturated carbocycles. The lowest BCUT2D eigenvalue weighted by atomic mass is 10.1. The third-order valence-electron chi connectivity index (χ3n) is 3.80. The van der Waals surface area contributed by atoms with Gasteiger partial charge in [-0.2, -0.15) is 4.57 Å². The van der Waals surface area contributed by atoms with Gasteiger partial charge in [-0.15, -0.1) is 0 Å². The molecular formula is C17H21N2O3+. The van der Waals surface area contributed by atoms with Gasteiger partial charge in [0, 0.05) is 17.8 Å². The van der Waals surface area contributed by atoms with Gasteiger partial charge >= 0.3 is 5.97 Å². The normalized spacial score (nSPS) is 10.5. The first-order chi connectivity index (χ1) is 10.5. The van der Waals surface area contributed by atoms with Crippen molar-refractivity contribution in [1.29, 1.82) is 0 Å². The molecule has 0 radical (unpaired) electrons. The van der Waals surface area contributed by atoms with E-state index >= 15 is 0 Å². The van der Waals surface area contributed by atoms with Crippen molar-refractivity contribution in [3.8, 4) is 0 Å². The SMILES string of the molecule is CCc1cc[n+](CC(=O)c2[nH]c(C)c(C(=O)OC)c2C)cc1. The summed E-state index contributed by atoms with van der Waals surface area (Å²) in [7, 11) is 1.33. The van der Waals surface area contributed by atoms with Crippen LogP contribution in [0.4, 0.5) is 0 Å². The number of ketones is 1. The summed E-state index contributed by atoms with van der Waals surface area (Å²) in [6.07, 6.45) is 4.75. The monoisotopic (exact) mass is 301 g/mol. The van der Waals surface area contributed by atoms with Gasteiger partial charge in [0.15, 0.2) is 12.4 Å². The van der Waals surface area contributed by atoms with Crippen LogP contribution in [-0.4, -0.2) is 23.8 Å². The van der Waals surface area contributed by atoms with Crippen LogP contribution >= 0.6 is 0 Å². The zero-order valence-corrected chi connectivity index (χ0v) is 13.4. The van der Waals surface area contributed by atoms with E-state index in [1.54, 1.807) is 13.8 Å². The van der Waals surface area contributed by atoms with E-state index in [0.29, 0.717) is 22.5 Å². The molecular weight excluding hydrogens is 280 g/mol. The molecule has 1 N–H and O–H groups in total. The quantitative estimate of drug-likeness (QED) is 0.523. The minimum Gasteiger partial charge on any atom is -0.465 e. The van der Waals surface area contributed by atoms with Crippen molar-refractivity contribution in [2.75, 3.05) is 7.11 Å². The largest absolute Gasteiger partial charge is 0.465 e. The highest BCUT2D eigenvalue weighted by atomic mass is 16.5. The number of aryl methyl sites for hydroxylation is 2. The van der Waals surface area contributed by atoms with Crippen molar-refractivity contribution < 1.29 is 18.9 Å². The van der Waals surface area contributed by atoms with Gasteiger partial charge < -0.3 is 9.72 Å². The van der Waals surface area contributed by atoms with Gasteiger partial charge in [0.2, 0.25) is 12.3 Å². The van der Waals surface area contributed by atoms with E-state index in [4.69, 9.17) is 4.74 Å². The van der Waals surface area contributed by atoms with Crippen LogP contribution in [0.1, 0.15) is 44.6 Å². The number of pyridine rings is 1. The Labute approximate surface area is 129 Å². The Kier molecular flexibility index (Phi) is 4.75. The van der Waals surface area contributed by atoms with Crippen LogP contribution in [0.2, 0.25) is 0 Å². The van der Waals surface area contributed by atoms with E-state index in [9.17, 15) is 9.59 Å². The number of Topliss-reactive ketones (excluding diaryl/α,β-unsaturated/α-hetero) is 1. The van der Waals surface area contributed by atoms with Crippen LogP contribution in [0.3, 0.4) is 0 Å². The molecule has 0 unspecified atom stereocenters. The number of hydrogen-bond acceptors (Lipinski definition) is 3. The molecule has 2 aromatic heterocycles. The molecule has 0 fully saturated rings. The molecule has 22 heavy (non-hydrogen) atoms. The van der Waals surface area contributed by atoms with E-state index < -0.39 is 5.97 Å². The number of H-pyrrole nitrogens is 1. The number of nitrogens with zero attached hydrogens (tertiary/aromatic N) is 1. The Bertz CT molecular complexity index is 699. The molecule has 0 atom stereocenters. The lowest BCUT2D eigenvalue weighted by Gasteiger charge is -2.00. The average Bonchev–Trinajstić information content (AvgIpc) is 2.82. The molecule has 116 valence electrons. The number of rotatable bonds is 5. The highest BCUT2D eigenvalue weighted by Gasteiger charge is 2.24. The number of esters is 1. The Balaban J connectivity index is 2.24. The summed E-state index contributed by atoms with van der Waals surface area (Å²) in [6, 6.07) is 4.00. The Morgan fingerprint density at radius 3 is 2.41 bits per heavy atom. The topological polar surface area (TPSA) is 63.0 Å². The predicted octanol–water partition coefficient (Wildman–Crippen LogP) is 2.15. The second-order valence-corrected chi connectivity index (χ2v) is 5.27. The molecule has 5 nitrogen and oxygen atoms in total. The summed E-state index contributed by atoms with van der Waals surface area (Å²) in [4.78, 5) is 27.2. The summed E-state index contributed by atoms with van der Waals surface area (Å²) in [5.74, 6) is -0.491. The van der Waals surface area contributed by atoms with Gasteiger partial charge in [0.05, 0.1) is 18.4 Å². The smallest absolute Gasteiger partial charge is 0.339 e. The third kappa shape index (κ3) is 3.08. The molecule has 0 saturated heterocycles. The van der Waals surface area contributed by atoms with Gasteiger partial charge in [-0.05, 0) is 31.4 Å². The van der Waals surface area contributed by atoms with E-state index in [-0.39, 0.29) is 12.3 Å². The number of nitrogens with one attached hydrogen (secondary N) is 1. The van der Waals surface area contributed by atoms with E-state index in [1.165, 1.54) is 12.7 Å². The van der Waals surface area contributed by atoms with Gasteiger partial charge in [-0.3, -0.25) is 4.79 Å². The zero-order valence-electron chi connectivity index (χ0n) is 13.4. The van der Waals surface area contributed by atoms with Crippen LogP contribution < -0.4 is 4.57 Å². The number of carbonyl (C=O) groups is 2. The highest BCUT2D eigenvalue weighted by Crippen LogP contribution is 2.19. The first kappa shape index (κ1) is 15.9. The average molecular weight is 301 g/mol. The molecule has 5 heteroatoms. The molecule has 0 bridgehead atoms. The lowest BCUT2D eigenvalue weighted by molar-refractivity contribution is -0.683. The van der Waals surface area contributed by atoms with Crippen LogP contribution in [0.5, 0.6) is 0 Å². The van der Waals surface area contributed by atoms with E-state index in [2.05, 4.69) is 11.9 Å². The van der Waals surface area contributed by atoms with Crippen molar-refractivity contribution in [2.24, 2.45) is 0 Å². The van der Waals surface area contributed by atoms with E-state index in [0.717, 1.165) is 6.42 Å². The fourth-order valence-corrected chi connectivity index (χ4v) is 2.51. The molecule has 0 amide bonds.